The molecular formula is C15H29NO2. The van der Waals surface area contributed by atoms with E-state index in [0.29, 0.717) is 0 Å². The van der Waals surface area contributed by atoms with Gasteiger partial charge in [0, 0.05) is 11.6 Å². The van der Waals surface area contributed by atoms with Crippen molar-refractivity contribution in [2.45, 2.75) is 64.8 Å². The highest BCUT2D eigenvalue weighted by molar-refractivity contribution is 5.84. The second kappa shape index (κ2) is 10.1. The smallest absolute Gasteiger partial charge is 0.330 e. The van der Waals surface area contributed by atoms with Crippen LogP contribution in [-0.2, 0) is 4.79 Å². The molecule has 1 fully saturated rings. The highest BCUT2D eigenvalue weighted by Crippen LogP contribution is 2.19. The van der Waals surface area contributed by atoms with Crippen LogP contribution in [0.15, 0.2) is 12.2 Å². The summed E-state index contributed by atoms with van der Waals surface area (Å²) in [6.07, 6.45) is 9.97. The highest BCUT2D eigenvalue weighted by atomic mass is 16.4. The van der Waals surface area contributed by atoms with Gasteiger partial charge in [0.15, 0.2) is 0 Å². The van der Waals surface area contributed by atoms with Gasteiger partial charge in [-0.3, -0.25) is 0 Å². The molecule has 0 aromatic carbocycles. The number of hydrogen-bond donors (Lipinski definition) is 1. The quantitative estimate of drug-likeness (QED) is 0.601. The zero-order valence-electron chi connectivity index (χ0n) is 12.2. The van der Waals surface area contributed by atoms with Crippen LogP contribution >= 0.6 is 0 Å². The molecule has 1 saturated heterocycles. The van der Waals surface area contributed by atoms with Crippen molar-refractivity contribution in [1.82, 2.24) is 4.90 Å². The van der Waals surface area contributed by atoms with Crippen LogP contribution in [0.3, 0.4) is 0 Å². The molecule has 106 valence electrons. The summed E-state index contributed by atoms with van der Waals surface area (Å²) in [5.41, 5.74) is 0.176. The van der Waals surface area contributed by atoms with Crippen LogP contribution in [0.25, 0.3) is 0 Å². The van der Waals surface area contributed by atoms with Gasteiger partial charge in [0.05, 0.1) is 0 Å². The number of likely N-dealkylation sites (tertiary alicyclic amines) is 1. The molecule has 1 heterocycles. The maximum atomic E-state index is 9.60. The summed E-state index contributed by atoms with van der Waals surface area (Å²) >= 11 is 0. The van der Waals surface area contributed by atoms with Gasteiger partial charge in [-0.05, 0) is 39.8 Å². The Bertz CT molecular complexity index is 239. The summed E-state index contributed by atoms with van der Waals surface area (Å²) in [5.74, 6) is -0.935. The number of nitrogens with zero attached hydrogens (tertiary/aromatic N) is 1. The van der Waals surface area contributed by atoms with Gasteiger partial charge in [-0.15, -0.1) is 0 Å². The van der Waals surface area contributed by atoms with E-state index in [2.05, 4.69) is 25.5 Å². The van der Waals surface area contributed by atoms with E-state index in [1.807, 2.05) is 0 Å². The Kier molecular flexibility index (Phi) is 9.66. The second-order valence-corrected chi connectivity index (χ2v) is 5.21. The van der Waals surface area contributed by atoms with Gasteiger partial charge in [-0.1, -0.05) is 39.2 Å². The van der Waals surface area contributed by atoms with Crippen molar-refractivity contribution in [1.29, 1.82) is 0 Å². The average molecular weight is 255 g/mol. The summed E-state index contributed by atoms with van der Waals surface area (Å²) in [6, 6.07) is 0.908. The number of carboxylic acid groups (broad SMARTS) is 1. The number of unbranched alkanes of at least 4 members (excludes halogenated alkanes) is 2. The lowest BCUT2D eigenvalue weighted by Gasteiger charge is -2.32. The fourth-order valence-electron chi connectivity index (χ4n) is 2.14. The number of carbonyl (C=O) groups is 1. The summed E-state index contributed by atoms with van der Waals surface area (Å²) in [4.78, 5) is 12.2. The van der Waals surface area contributed by atoms with E-state index in [1.165, 1.54) is 58.4 Å². The van der Waals surface area contributed by atoms with Gasteiger partial charge < -0.3 is 10.0 Å². The topological polar surface area (TPSA) is 40.5 Å². The van der Waals surface area contributed by atoms with Gasteiger partial charge in [-0.25, -0.2) is 4.79 Å². The Morgan fingerprint density at radius 2 is 2.00 bits per heavy atom. The maximum absolute atomic E-state index is 9.60. The third kappa shape index (κ3) is 8.29. The largest absolute Gasteiger partial charge is 0.478 e. The molecule has 18 heavy (non-hydrogen) atoms. The lowest BCUT2D eigenvalue weighted by molar-refractivity contribution is -0.132. The first-order valence-corrected chi connectivity index (χ1v) is 7.08. The van der Waals surface area contributed by atoms with E-state index in [1.54, 1.807) is 0 Å². The first kappa shape index (κ1) is 17.2. The molecule has 1 N–H and O–H groups in total. The Hall–Kier alpha value is -0.830. The van der Waals surface area contributed by atoms with E-state index in [4.69, 9.17) is 5.11 Å². The summed E-state index contributed by atoms with van der Waals surface area (Å²) in [5, 5.41) is 7.89. The molecule has 1 aliphatic heterocycles. The average Bonchev–Trinajstić information content (AvgIpc) is 2.32. The van der Waals surface area contributed by atoms with Crippen LogP contribution in [0.1, 0.15) is 58.8 Å². The number of piperidine rings is 1. The van der Waals surface area contributed by atoms with E-state index in [-0.39, 0.29) is 5.57 Å². The number of hydrogen-bond acceptors (Lipinski definition) is 2. The van der Waals surface area contributed by atoms with Crippen LogP contribution < -0.4 is 0 Å². The zero-order valence-corrected chi connectivity index (χ0v) is 12.2. The molecule has 0 saturated carbocycles. The van der Waals surface area contributed by atoms with Crippen LogP contribution in [0.2, 0.25) is 0 Å². The maximum Gasteiger partial charge on any atom is 0.330 e. The first-order chi connectivity index (χ1) is 8.49. The minimum Gasteiger partial charge on any atom is -0.478 e. The highest BCUT2D eigenvalue weighted by Gasteiger charge is 2.17. The minimum atomic E-state index is -0.935. The Morgan fingerprint density at radius 3 is 2.44 bits per heavy atom. The minimum absolute atomic E-state index is 0.176. The third-order valence-electron chi connectivity index (χ3n) is 3.43. The lowest BCUT2D eigenvalue weighted by atomic mass is 9.98. The fraction of sp³-hybridized carbons (Fsp3) is 0.800. The van der Waals surface area contributed by atoms with Gasteiger partial charge in [0.2, 0.25) is 0 Å². The van der Waals surface area contributed by atoms with E-state index < -0.39 is 5.97 Å². The molecule has 0 bridgehead atoms. The Morgan fingerprint density at radius 1 is 1.39 bits per heavy atom. The van der Waals surface area contributed by atoms with Crippen LogP contribution in [-0.4, -0.2) is 35.6 Å². The van der Waals surface area contributed by atoms with Gasteiger partial charge >= 0.3 is 5.97 Å². The second-order valence-electron chi connectivity index (χ2n) is 5.21. The summed E-state index contributed by atoms with van der Waals surface area (Å²) < 4.78 is 0. The predicted octanol–water partition coefficient (Wildman–Crippen LogP) is 3.70. The van der Waals surface area contributed by atoms with Crippen molar-refractivity contribution in [3.05, 3.63) is 12.2 Å². The predicted molar refractivity (Wildman–Crippen MR) is 76.9 cm³/mol. The molecule has 0 amide bonds. The SMILES string of the molecule is C=C(C)C(=O)O.CCCCCC1CCCCN1C. The monoisotopic (exact) mass is 255 g/mol. The van der Waals surface area contributed by atoms with E-state index in [9.17, 15) is 4.79 Å². The van der Waals surface area contributed by atoms with Crippen molar-refractivity contribution in [3.8, 4) is 0 Å². The molecule has 0 aliphatic carbocycles. The molecule has 1 atom stereocenters. The van der Waals surface area contributed by atoms with Crippen molar-refractivity contribution >= 4 is 5.97 Å². The molecular weight excluding hydrogens is 226 g/mol. The fourth-order valence-corrected chi connectivity index (χ4v) is 2.14. The van der Waals surface area contributed by atoms with Crippen molar-refractivity contribution < 1.29 is 9.90 Å². The van der Waals surface area contributed by atoms with Crippen LogP contribution in [0.4, 0.5) is 0 Å². The molecule has 3 heteroatoms. The summed E-state index contributed by atoms with van der Waals surface area (Å²) in [7, 11) is 2.29. The van der Waals surface area contributed by atoms with Gasteiger partial charge in [-0.2, -0.15) is 0 Å². The van der Waals surface area contributed by atoms with Crippen molar-refractivity contribution in [3.63, 3.8) is 0 Å². The molecule has 1 unspecified atom stereocenters. The number of rotatable bonds is 5. The van der Waals surface area contributed by atoms with Crippen LogP contribution in [0, 0.1) is 0 Å². The van der Waals surface area contributed by atoms with Crippen molar-refractivity contribution in [2.75, 3.05) is 13.6 Å². The molecule has 0 aromatic heterocycles. The number of carboxylic acids is 1. The van der Waals surface area contributed by atoms with Crippen molar-refractivity contribution in [2.24, 2.45) is 0 Å². The first-order valence-electron chi connectivity index (χ1n) is 7.08. The van der Waals surface area contributed by atoms with Gasteiger partial charge in [0.25, 0.3) is 0 Å². The molecule has 0 spiro atoms. The summed E-state index contributed by atoms with van der Waals surface area (Å²) in [6.45, 7) is 8.21. The van der Waals surface area contributed by atoms with Crippen LogP contribution in [0.5, 0.6) is 0 Å². The molecule has 1 rings (SSSR count). The van der Waals surface area contributed by atoms with E-state index in [0.717, 1.165) is 6.04 Å². The standard InChI is InChI=1S/C11H23N.C4H6O2/c1-3-4-5-8-11-9-6-7-10-12(11)2;1-3(2)4(5)6/h11H,3-10H2,1-2H3;1H2,2H3,(H,5,6). The Labute approximate surface area is 112 Å². The van der Waals surface area contributed by atoms with Gasteiger partial charge in [0.1, 0.15) is 0 Å². The third-order valence-corrected chi connectivity index (χ3v) is 3.43. The lowest BCUT2D eigenvalue weighted by Crippen LogP contribution is -2.35. The van der Waals surface area contributed by atoms with E-state index >= 15 is 0 Å². The number of aliphatic carboxylic acids is 1. The molecule has 1 aliphatic rings. The zero-order chi connectivity index (χ0) is 14.0. The molecule has 3 nitrogen and oxygen atoms in total. The molecule has 0 radical (unpaired) electrons. The Balaban J connectivity index is 0.000000411. The normalized spacial score (nSPS) is 19.8. The molecule has 0 aromatic rings.